The predicted molar refractivity (Wildman–Crippen MR) is 79.7 cm³/mol. The van der Waals surface area contributed by atoms with Crippen LogP contribution in [0.15, 0.2) is 30.6 Å². The predicted octanol–water partition coefficient (Wildman–Crippen LogP) is 2.01. The molecule has 0 unspecified atom stereocenters. The number of ether oxygens (including phenoxy) is 1. The van der Waals surface area contributed by atoms with Crippen LogP contribution in [0.2, 0.25) is 0 Å². The van der Waals surface area contributed by atoms with Gasteiger partial charge in [0, 0.05) is 18.9 Å². The molecule has 0 aromatic carbocycles. The fraction of sp³-hybridized carbons (Fsp3) is 0.429. The van der Waals surface area contributed by atoms with Gasteiger partial charge in [0.25, 0.3) is 0 Å². The van der Waals surface area contributed by atoms with Gasteiger partial charge in [0.15, 0.2) is 0 Å². The number of hydrogen-bond acceptors (Lipinski definition) is 5. The van der Waals surface area contributed by atoms with E-state index < -0.39 is 0 Å². The van der Waals surface area contributed by atoms with Crippen molar-refractivity contribution in [3.63, 3.8) is 0 Å². The summed E-state index contributed by atoms with van der Waals surface area (Å²) >= 11 is 0. The summed E-state index contributed by atoms with van der Waals surface area (Å²) < 4.78 is 7.46. The van der Waals surface area contributed by atoms with Gasteiger partial charge in [-0.3, -0.25) is 4.68 Å². The highest BCUT2D eigenvalue weighted by Crippen LogP contribution is 2.21. The van der Waals surface area contributed by atoms with Crippen LogP contribution < -0.4 is 15.8 Å². The van der Waals surface area contributed by atoms with E-state index in [2.05, 4.69) is 29.2 Å². The number of hydrogen-bond donors (Lipinski definition) is 2. The first-order valence-electron chi connectivity index (χ1n) is 6.76. The topological polar surface area (TPSA) is 78.0 Å². The second-order valence-electron chi connectivity index (χ2n) is 4.99. The Bertz CT molecular complexity index is 524. The van der Waals surface area contributed by atoms with E-state index in [-0.39, 0.29) is 0 Å². The molecule has 20 heavy (non-hydrogen) atoms. The third-order valence-electron chi connectivity index (χ3n) is 2.65. The highest BCUT2D eigenvalue weighted by atomic mass is 16.5. The minimum Gasteiger partial charge on any atom is -0.476 e. The standard InChI is InChI=1S/C14H21N5O/c1-11(2)10-20-14-12(15)4-5-13(18-14)16-7-9-19-8-3-6-17-19/h3-6,8,11H,7,9-10,15H2,1-2H3,(H,16,18). The fourth-order valence-electron chi connectivity index (χ4n) is 1.64. The lowest BCUT2D eigenvalue weighted by atomic mass is 10.2. The molecule has 0 atom stereocenters. The van der Waals surface area contributed by atoms with Gasteiger partial charge in [0.1, 0.15) is 5.82 Å². The van der Waals surface area contributed by atoms with Crippen LogP contribution in [-0.4, -0.2) is 27.9 Å². The van der Waals surface area contributed by atoms with Crippen molar-refractivity contribution in [3.8, 4) is 5.88 Å². The van der Waals surface area contributed by atoms with Crippen LogP contribution in [0, 0.1) is 5.92 Å². The summed E-state index contributed by atoms with van der Waals surface area (Å²) in [6.45, 7) is 6.29. The summed E-state index contributed by atoms with van der Waals surface area (Å²) in [5.74, 6) is 1.68. The van der Waals surface area contributed by atoms with Crippen LogP contribution in [-0.2, 0) is 6.54 Å². The average molecular weight is 275 g/mol. The summed E-state index contributed by atoms with van der Waals surface area (Å²) in [7, 11) is 0. The van der Waals surface area contributed by atoms with Crippen molar-refractivity contribution in [1.29, 1.82) is 0 Å². The van der Waals surface area contributed by atoms with Crippen LogP contribution in [0.5, 0.6) is 5.88 Å². The fourth-order valence-corrected chi connectivity index (χ4v) is 1.64. The Kier molecular flexibility index (Phi) is 4.81. The van der Waals surface area contributed by atoms with Crippen molar-refractivity contribution < 1.29 is 4.74 Å². The molecule has 2 aromatic rings. The molecule has 2 heterocycles. The number of anilines is 2. The van der Waals surface area contributed by atoms with E-state index in [4.69, 9.17) is 10.5 Å². The number of rotatable bonds is 7. The highest BCUT2D eigenvalue weighted by molar-refractivity contribution is 5.53. The number of aromatic nitrogens is 3. The third kappa shape index (κ3) is 4.15. The third-order valence-corrected chi connectivity index (χ3v) is 2.65. The molecule has 0 bridgehead atoms. The summed E-state index contributed by atoms with van der Waals surface area (Å²) in [6, 6.07) is 5.55. The first-order chi connectivity index (χ1) is 9.65. The summed E-state index contributed by atoms with van der Waals surface area (Å²) in [4.78, 5) is 4.38. The molecule has 0 saturated carbocycles. The van der Waals surface area contributed by atoms with Crippen LogP contribution in [0.4, 0.5) is 11.5 Å². The summed E-state index contributed by atoms with van der Waals surface area (Å²) in [5, 5.41) is 7.37. The van der Waals surface area contributed by atoms with Crippen LogP contribution >= 0.6 is 0 Å². The molecule has 0 aliphatic carbocycles. The van der Waals surface area contributed by atoms with Crippen molar-refractivity contribution >= 4 is 11.5 Å². The molecule has 0 saturated heterocycles. The molecule has 3 N–H and O–H groups in total. The van der Waals surface area contributed by atoms with Gasteiger partial charge in [0.05, 0.1) is 18.8 Å². The maximum absolute atomic E-state index is 5.85. The van der Waals surface area contributed by atoms with Crippen molar-refractivity contribution in [2.24, 2.45) is 5.92 Å². The lowest BCUT2D eigenvalue weighted by Crippen LogP contribution is -2.13. The van der Waals surface area contributed by atoms with Gasteiger partial charge < -0.3 is 15.8 Å². The molecule has 0 radical (unpaired) electrons. The van der Waals surface area contributed by atoms with Gasteiger partial charge in [-0.05, 0) is 24.1 Å². The Morgan fingerprint density at radius 1 is 1.40 bits per heavy atom. The molecule has 6 nitrogen and oxygen atoms in total. The Morgan fingerprint density at radius 2 is 2.25 bits per heavy atom. The number of pyridine rings is 1. The molecule has 0 amide bonds. The monoisotopic (exact) mass is 275 g/mol. The Balaban J connectivity index is 1.89. The van der Waals surface area contributed by atoms with Gasteiger partial charge in [-0.15, -0.1) is 0 Å². The van der Waals surface area contributed by atoms with Gasteiger partial charge in [-0.2, -0.15) is 10.1 Å². The zero-order valence-corrected chi connectivity index (χ0v) is 11.9. The minimum atomic E-state index is 0.438. The smallest absolute Gasteiger partial charge is 0.239 e. The second-order valence-corrected chi connectivity index (χ2v) is 4.99. The number of nitrogen functional groups attached to an aromatic ring is 1. The number of nitrogens with one attached hydrogen (secondary N) is 1. The Hall–Kier alpha value is -2.24. The van der Waals surface area contributed by atoms with Gasteiger partial charge in [0.2, 0.25) is 5.88 Å². The average Bonchev–Trinajstić information content (AvgIpc) is 2.92. The molecule has 0 spiro atoms. The van der Waals surface area contributed by atoms with Crippen molar-refractivity contribution in [3.05, 3.63) is 30.6 Å². The zero-order valence-electron chi connectivity index (χ0n) is 11.9. The van der Waals surface area contributed by atoms with Crippen molar-refractivity contribution in [2.75, 3.05) is 24.2 Å². The van der Waals surface area contributed by atoms with E-state index >= 15 is 0 Å². The molecule has 6 heteroatoms. The first kappa shape index (κ1) is 14.2. The Morgan fingerprint density at radius 3 is 2.95 bits per heavy atom. The molecule has 0 aliphatic rings. The molecular formula is C14H21N5O. The maximum Gasteiger partial charge on any atom is 0.239 e. The van der Waals surface area contributed by atoms with Crippen LogP contribution in [0.3, 0.4) is 0 Å². The van der Waals surface area contributed by atoms with E-state index in [0.717, 1.165) is 18.9 Å². The van der Waals surface area contributed by atoms with E-state index in [1.54, 1.807) is 12.3 Å². The largest absolute Gasteiger partial charge is 0.476 e. The van der Waals surface area contributed by atoms with Crippen molar-refractivity contribution in [1.82, 2.24) is 14.8 Å². The Labute approximate surface area is 119 Å². The first-order valence-corrected chi connectivity index (χ1v) is 6.76. The normalized spacial score (nSPS) is 10.8. The minimum absolute atomic E-state index is 0.438. The molecule has 0 aliphatic heterocycles. The van der Waals surface area contributed by atoms with Crippen LogP contribution in [0.1, 0.15) is 13.8 Å². The molecule has 2 aromatic heterocycles. The number of nitrogens with zero attached hydrogens (tertiary/aromatic N) is 3. The number of nitrogens with two attached hydrogens (primary N) is 1. The van der Waals surface area contributed by atoms with E-state index in [0.29, 0.717) is 24.1 Å². The van der Waals surface area contributed by atoms with Crippen LogP contribution in [0.25, 0.3) is 0 Å². The van der Waals surface area contributed by atoms with Crippen molar-refractivity contribution in [2.45, 2.75) is 20.4 Å². The summed E-state index contributed by atoms with van der Waals surface area (Å²) in [6.07, 6.45) is 3.69. The van der Waals surface area contributed by atoms with Gasteiger partial charge in [-0.1, -0.05) is 13.8 Å². The maximum atomic E-state index is 5.85. The highest BCUT2D eigenvalue weighted by Gasteiger charge is 2.05. The molecular weight excluding hydrogens is 254 g/mol. The van der Waals surface area contributed by atoms with E-state index in [9.17, 15) is 0 Å². The lowest BCUT2D eigenvalue weighted by molar-refractivity contribution is 0.263. The van der Waals surface area contributed by atoms with E-state index in [1.807, 2.05) is 23.0 Å². The molecule has 0 fully saturated rings. The van der Waals surface area contributed by atoms with Gasteiger partial charge >= 0.3 is 0 Å². The lowest BCUT2D eigenvalue weighted by Gasteiger charge is -2.12. The second kappa shape index (κ2) is 6.79. The molecule has 2 rings (SSSR count). The van der Waals surface area contributed by atoms with E-state index in [1.165, 1.54) is 0 Å². The zero-order chi connectivity index (χ0) is 14.4. The molecule has 108 valence electrons. The quantitative estimate of drug-likeness (QED) is 0.808. The SMILES string of the molecule is CC(C)COc1nc(NCCn2cccn2)ccc1N. The van der Waals surface area contributed by atoms with Gasteiger partial charge in [-0.25, -0.2) is 0 Å². The summed E-state index contributed by atoms with van der Waals surface area (Å²) in [5.41, 5.74) is 6.41.